The standard InChI is InChI=1S/C15H25N3/c1-3-12-7-9-14(10-8-12)18(2)11-13-5-4-6-15(16)17-13/h4-6,12,14H,3,7-11H2,1-2H3,(H2,16,17). The Morgan fingerprint density at radius 2 is 2.00 bits per heavy atom. The largest absolute Gasteiger partial charge is 0.384 e. The van der Waals surface area contributed by atoms with Gasteiger partial charge in [-0.25, -0.2) is 4.98 Å². The maximum Gasteiger partial charge on any atom is 0.123 e. The fraction of sp³-hybridized carbons (Fsp3) is 0.667. The first kappa shape index (κ1) is 13.3. The fourth-order valence-electron chi connectivity index (χ4n) is 2.96. The van der Waals surface area contributed by atoms with Crippen molar-refractivity contribution in [2.24, 2.45) is 5.92 Å². The number of nitrogens with two attached hydrogens (primary N) is 1. The van der Waals surface area contributed by atoms with E-state index in [1.165, 1.54) is 32.1 Å². The van der Waals surface area contributed by atoms with E-state index in [9.17, 15) is 0 Å². The van der Waals surface area contributed by atoms with Crippen LogP contribution in [0.25, 0.3) is 0 Å². The highest BCUT2D eigenvalue weighted by Gasteiger charge is 2.23. The predicted molar refractivity (Wildman–Crippen MR) is 76.2 cm³/mol. The van der Waals surface area contributed by atoms with Crippen LogP contribution in [-0.4, -0.2) is 23.0 Å². The Morgan fingerprint density at radius 3 is 2.61 bits per heavy atom. The summed E-state index contributed by atoms with van der Waals surface area (Å²) in [7, 11) is 2.21. The summed E-state index contributed by atoms with van der Waals surface area (Å²) < 4.78 is 0. The molecule has 3 nitrogen and oxygen atoms in total. The van der Waals surface area contributed by atoms with Crippen LogP contribution in [0.2, 0.25) is 0 Å². The third-order valence-electron chi connectivity index (χ3n) is 4.26. The molecule has 0 saturated heterocycles. The average Bonchev–Trinajstić information content (AvgIpc) is 2.39. The Balaban J connectivity index is 1.87. The van der Waals surface area contributed by atoms with E-state index in [4.69, 9.17) is 5.73 Å². The van der Waals surface area contributed by atoms with Crippen LogP contribution in [0, 0.1) is 5.92 Å². The molecule has 1 fully saturated rings. The molecule has 3 heteroatoms. The number of rotatable bonds is 4. The van der Waals surface area contributed by atoms with Crippen molar-refractivity contribution >= 4 is 5.82 Å². The van der Waals surface area contributed by atoms with Gasteiger partial charge in [-0.2, -0.15) is 0 Å². The van der Waals surface area contributed by atoms with Crippen molar-refractivity contribution in [2.75, 3.05) is 12.8 Å². The first-order valence-corrected chi connectivity index (χ1v) is 7.10. The molecule has 18 heavy (non-hydrogen) atoms. The Morgan fingerprint density at radius 1 is 1.28 bits per heavy atom. The molecule has 1 aromatic heterocycles. The topological polar surface area (TPSA) is 42.1 Å². The van der Waals surface area contributed by atoms with Gasteiger partial charge in [0, 0.05) is 12.6 Å². The van der Waals surface area contributed by atoms with Gasteiger partial charge >= 0.3 is 0 Å². The number of aromatic nitrogens is 1. The molecule has 1 aliphatic carbocycles. The van der Waals surface area contributed by atoms with E-state index < -0.39 is 0 Å². The van der Waals surface area contributed by atoms with Crippen LogP contribution in [0.4, 0.5) is 5.82 Å². The van der Waals surface area contributed by atoms with E-state index in [-0.39, 0.29) is 0 Å². The lowest BCUT2D eigenvalue weighted by molar-refractivity contribution is 0.156. The number of anilines is 1. The summed E-state index contributed by atoms with van der Waals surface area (Å²) in [6.45, 7) is 3.22. The summed E-state index contributed by atoms with van der Waals surface area (Å²) in [4.78, 5) is 6.81. The molecule has 2 rings (SSSR count). The van der Waals surface area contributed by atoms with Crippen LogP contribution in [0.1, 0.15) is 44.7 Å². The summed E-state index contributed by atoms with van der Waals surface area (Å²) in [5, 5.41) is 0. The van der Waals surface area contributed by atoms with E-state index in [1.807, 2.05) is 12.1 Å². The van der Waals surface area contributed by atoms with Crippen molar-refractivity contribution < 1.29 is 0 Å². The van der Waals surface area contributed by atoms with Gasteiger partial charge in [0.1, 0.15) is 5.82 Å². The van der Waals surface area contributed by atoms with Crippen LogP contribution in [-0.2, 0) is 6.54 Å². The lowest BCUT2D eigenvalue weighted by Gasteiger charge is -2.34. The highest BCUT2D eigenvalue weighted by molar-refractivity contribution is 5.28. The Hall–Kier alpha value is -1.09. The van der Waals surface area contributed by atoms with Gasteiger partial charge < -0.3 is 5.73 Å². The number of nitrogens with zero attached hydrogens (tertiary/aromatic N) is 2. The van der Waals surface area contributed by atoms with Crippen LogP contribution in [0.5, 0.6) is 0 Å². The smallest absolute Gasteiger partial charge is 0.123 e. The molecule has 0 radical (unpaired) electrons. The fourth-order valence-corrected chi connectivity index (χ4v) is 2.96. The first-order chi connectivity index (χ1) is 8.69. The Labute approximate surface area is 110 Å². The molecule has 0 atom stereocenters. The summed E-state index contributed by atoms with van der Waals surface area (Å²) >= 11 is 0. The SMILES string of the molecule is CCC1CCC(N(C)Cc2cccc(N)n2)CC1. The van der Waals surface area contributed by atoms with Crippen LogP contribution >= 0.6 is 0 Å². The molecular weight excluding hydrogens is 222 g/mol. The number of nitrogen functional groups attached to an aromatic ring is 1. The lowest BCUT2D eigenvalue weighted by atomic mass is 9.84. The molecule has 0 aliphatic heterocycles. The molecule has 1 aliphatic rings. The maximum absolute atomic E-state index is 5.72. The minimum absolute atomic E-state index is 0.621. The normalized spacial score (nSPS) is 24.4. The molecule has 0 spiro atoms. The van der Waals surface area contributed by atoms with Crippen LogP contribution < -0.4 is 5.73 Å². The highest BCUT2D eigenvalue weighted by atomic mass is 15.1. The molecule has 1 aromatic rings. The minimum Gasteiger partial charge on any atom is -0.384 e. The molecule has 100 valence electrons. The highest BCUT2D eigenvalue weighted by Crippen LogP contribution is 2.29. The second-order valence-corrected chi connectivity index (χ2v) is 5.55. The zero-order valence-corrected chi connectivity index (χ0v) is 11.6. The van der Waals surface area contributed by atoms with Gasteiger partial charge in [0.05, 0.1) is 5.69 Å². The molecule has 0 amide bonds. The quantitative estimate of drug-likeness (QED) is 0.889. The summed E-state index contributed by atoms with van der Waals surface area (Å²) in [6.07, 6.45) is 6.77. The third-order valence-corrected chi connectivity index (χ3v) is 4.26. The summed E-state index contributed by atoms with van der Waals surface area (Å²) in [5.74, 6) is 1.58. The van der Waals surface area contributed by atoms with Crippen molar-refractivity contribution in [3.05, 3.63) is 23.9 Å². The molecule has 0 aromatic carbocycles. The molecule has 2 N–H and O–H groups in total. The zero-order valence-electron chi connectivity index (χ0n) is 11.6. The van der Waals surface area contributed by atoms with Crippen molar-refractivity contribution in [1.29, 1.82) is 0 Å². The minimum atomic E-state index is 0.621. The average molecular weight is 247 g/mol. The molecule has 0 unspecified atom stereocenters. The molecule has 1 heterocycles. The number of hydrogen-bond acceptors (Lipinski definition) is 3. The zero-order chi connectivity index (χ0) is 13.0. The van der Waals surface area contributed by atoms with Gasteiger partial charge in [0.25, 0.3) is 0 Å². The van der Waals surface area contributed by atoms with E-state index in [2.05, 4.69) is 29.9 Å². The van der Waals surface area contributed by atoms with E-state index in [1.54, 1.807) is 0 Å². The monoisotopic (exact) mass is 247 g/mol. The Bertz CT molecular complexity index is 370. The van der Waals surface area contributed by atoms with Crippen molar-refractivity contribution in [1.82, 2.24) is 9.88 Å². The van der Waals surface area contributed by atoms with E-state index in [0.717, 1.165) is 24.2 Å². The summed E-state index contributed by atoms with van der Waals surface area (Å²) in [5.41, 5.74) is 6.80. The van der Waals surface area contributed by atoms with Gasteiger partial charge in [0.15, 0.2) is 0 Å². The number of hydrogen-bond donors (Lipinski definition) is 1. The van der Waals surface area contributed by atoms with Crippen LogP contribution in [0.15, 0.2) is 18.2 Å². The second-order valence-electron chi connectivity index (χ2n) is 5.55. The van der Waals surface area contributed by atoms with Gasteiger partial charge in [-0.05, 0) is 50.8 Å². The Kier molecular flexibility index (Phi) is 4.59. The molecule has 0 bridgehead atoms. The van der Waals surface area contributed by atoms with Crippen molar-refractivity contribution in [2.45, 2.75) is 51.6 Å². The van der Waals surface area contributed by atoms with Gasteiger partial charge in [0.2, 0.25) is 0 Å². The molecular formula is C15H25N3. The van der Waals surface area contributed by atoms with Gasteiger partial charge in [-0.3, -0.25) is 4.90 Å². The van der Waals surface area contributed by atoms with Gasteiger partial charge in [-0.1, -0.05) is 19.4 Å². The van der Waals surface area contributed by atoms with Crippen molar-refractivity contribution in [3.63, 3.8) is 0 Å². The summed E-state index contributed by atoms with van der Waals surface area (Å²) in [6, 6.07) is 6.61. The predicted octanol–water partition coefficient (Wildman–Crippen LogP) is 3.06. The number of pyridine rings is 1. The first-order valence-electron chi connectivity index (χ1n) is 7.10. The maximum atomic E-state index is 5.72. The second kappa shape index (κ2) is 6.19. The van der Waals surface area contributed by atoms with Crippen LogP contribution in [0.3, 0.4) is 0 Å². The van der Waals surface area contributed by atoms with E-state index in [0.29, 0.717) is 5.82 Å². The lowest BCUT2D eigenvalue weighted by Crippen LogP contribution is -2.34. The van der Waals surface area contributed by atoms with Gasteiger partial charge in [-0.15, -0.1) is 0 Å². The third kappa shape index (κ3) is 3.45. The van der Waals surface area contributed by atoms with E-state index >= 15 is 0 Å². The molecule has 1 saturated carbocycles. The van der Waals surface area contributed by atoms with Crippen molar-refractivity contribution in [3.8, 4) is 0 Å².